The van der Waals surface area contributed by atoms with Crippen LogP contribution in [0.2, 0.25) is 0 Å². The SMILES string of the molecule is CC[C@H](N)C(O)c1nc(-c2cccs2)no1. The Labute approximate surface area is 96.9 Å². The van der Waals surface area contributed by atoms with Crippen molar-refractivity contribution in [1.29, 1.82) is 0 Å². The van der Waals surface area contributed by atoms with Gasteiger partial charge in [0.15, 0.2) is 0 Å². The van der Waals surface area contributed by atoms with E-state index in [2.05, 4.69) is 10.1 Å². The predicted octanol–water partition coefficient (Wildman–Crippen LogP) is 1.57. The Kier molecular flexibility index (Phi) is 3.33. The van der Waals surface area contributed by atoms with Crippen LogP contribution in [0.4, 0.5) is 0 Å². The average Bonchev–Trinajstić information content (AvgIpc) is 2.96. The molecule has 0 aliphatic heterocycles. The Morgan fingerprint density at radius 2 is 2.44 bits per heavy atom. The maximum atomic E-state index is 9.78. The van der Waals surface area contributed by atoms with Gasteiger partial charge in [0.25, 0.3) is 5.89 Å². The van der Waals surface area contributed by atoms with Crippen molar-refractivity contribution in [2.24, 2.45) is 5.73 Å². The van der Waals surface area contributed by atoms with Gasteiger partial charge in [0.1, 0.15) is 6.10 Å². The van der Waals surface area contributed by atoms with Crippen LogP contribution < -0.4 is 5.73 Å². The lowest BCUT2D eigenvalue weighted by molar-refractivity contribution is 0.105. The Morgan fingerprint density at radius 3 is 3.06 bits per heavy atom. The molecule has 0 saturated carbocycles. The lowest BCUT2D eigenvalue weighted by Gasteiger charge is -2.11. The molecule has 2 rings (SSSR count). The molecule has 0 aromatic carbocycles. The van der Waals surface area contributed by atoms with E-state index >= 15 is 0 Å². The minimum atomic E-state index is -0.897. The molecule has 0 radical (unpaired) electrons. The van der Waals surface area contributed by atoms with E-state index in [1.54, 1.807) is 0 Å². The van der Waals surface area contributed by atoms with Crippen molar-refractivity contribution in [2.75, 3.05) is 0 Å². The summed E-state index contributed by atoms with van der Waals surface area (Å²) in [7, 11) is 0. The van der Waals surface area contributed by atoms with Crippen LogP contribution in [-0.4, -0.2) is 21.3 Å². The highest BCUT2D eigenvalue weighted by atomic mass is 32.1. The smallest absolute Gasteiger partial charge is 0.257 e. The van der Waals surface area contributed by atoms with Gasteiger partial charge in [-0.25, -0.2) is 0 Å². The minimum Gasteiger partial charge on any atom is -0.382 e. The molecule has 0 spiro atoms. The topological polar surface area (TPSA) is 85.2 Å². The fraction of sp³-hybridized carbons (Fsp3) is 0.400. The molecule has 2 atom stereocenters. The zero-order valence-electron chi connectivity index (χ0n) is 8.83. The van der Waals surface area contributed by atoms with Gasteiger partial charge in [0.05, 0.1) is 4.88 Å². The number of aliphatic hydroxyl groups excluding tert-OH is 1. The van der Waals surface area contributed by atoms with Gasteiger partial charge in [-0.1, -0.05) is 18.1 Å². The summed E-state index contributed by atoms with van der Waals surface area (Å²) in [5.74, 6) is 0.671. The molecule has 5 nitrogen and oxygen atoms in total. The van der Waals surface area contributed by atoms with Crippen molar-refractivity contribution in [3.63, 3.8) is 0 Å². The van der Waals surface area contributed by atoms with E-state index in [1.807, 2.05) is 24.4 Å². The molecule has 0 fully saturated rings. The zero-order valence-corrected chi connectivity index (χ0v) is 9.65. The maximum Gasteiger partial charge on any atom is 0.257 e. The molecule has 0 amide bonds. The second-order valence-corrected chi connectivity index (χ2v) is 4.40. The Balaban J connectivity index is 2.20. The highest BCUT2D eigenvalue weighted by Gasteiger charge is 2.22. The summed E-state index contributed by atoms with van der Waals surface area (Å²) in [6.45, 7) is 1.89. The number of aromatic nitrogens is 2. The third-order valence-electron chi connectivity index (χ3n) is 2.31. The molecule has 6 heteroatoms. The quantitative estimate of drug-likeness (QED) is 0.845. The van der Waals surface area contributed by atoms with Crippen LogP contribution in [0.3, 0.4) is 0 Å². The number of nitrogens with two attached hydrogens (primary N) is 1. The van der Waals surface area contributed by atoms with Gasteiger partial charge in [-0.15, -0.1) is 11.3 Å². The van der Waals surface area contributed by atoms with Gasteiger partial charge in [-0.2, -0.15) is 4.98 Å². The van der Waals surface area contributed by atoms with E-state index in [1.165, 1.54) is 11.3 Å². The number of aliphatic hydroxyl groups is 1. The van der Waals surface area contributed by atoms with E-state index in [0.717, 1.165) is 4.88 Å². The molecule has 16 heavy (non-hydrogen) atoms. The molecule has 0 aliphatic rings. The highest BCUT2D eigenvalue weighted by molar-refractivity contribution is 7.13. The van der Waals surface area contributed by atoms with E-state index in [0.29, 0.717) is 12.2 Å². The largest absolute Gasteiger partial charge is 0.382 e. The lowest BCUT2D eigenvalue weighted by atomic mass is 10.1. The van der Waals surface area contributed by atoms with Crippen molar-refractivity contribution < 1.29 is 9.63 Å². The van der Waals surface area contributed by atoms with Crippen molar-refractivity contribution in [3.8, 4) is 10.7 Å². The van der Waals surface area contributed by atoms with Gasteiger partial charge in [0.2, 0.25) is 5.82 Å². The third-order valence-corrected chi connectivity index (χ3v) is 3.18. The van der Waals surface area contributed by atoms with Crippen molar-refractivity contribution in [3.05, 3.63) is 23.4 Å². The summed E-state index contributed by atoms with van der Waals surface area (Å²) < 4.78 is 4.99. The summed E-state index contributed by atoms with van der Waals surface area (Å²) in [4.78, 5) is 5.03. The molecule has 0 saturated heterocycles. The minimum absolute atomic E-state index is 0.178. The molecule has 3 N–H and O–H groups in total. The zero-order chi connectivity index (χ0) is 11.5. The summed E-state index contributed by atoms with van der Waals surface area (Å²) in [5, 5.41) is 15.5. The van der Waals surface area contributed by atoms with Gasteiger partial charge < -0.3 is 15.4 Å². The van der Waals surface area contributed by atoms with E-state index in [-0.39, 0.29) is 11.9 Å². The van der Waals surface area contributed by atoms with Crippen LogP contribution in [0.5, 0.6) is 0 Å². The predicted molar refractivity (Wildman–Crippen MR) is 60.8 cm³/mol. The molecule has 2 aromatic heterocycles. The third kappa shape index (κ3) is 2.13. The molecule has 86 valence electrons. The van der Waals surface area contributed by atoms with Gasteiger partial charge in [0, 0.05) is 6.04 Å². The first-order valence-corrected chi connectivity index (χ1v) is 5.91. The number of hydrogen-bond acceptors (Lipinski definition) is 6. The summed E-state index contributed by atoms with van der Waals surface area (Å²) in [6, 6.07) is 3.42. The van der Waals surface area contributed by atoms with Gasteiger partial charge in [-0.3, -0.25) is 0 Å². The molecule has 0 aliphatic carbocycles. The fourth-order valence-corrected chi connectivity index (χ4v) is 1.92. The summed E-state index contributed by atoms with van der Waals surface area (Å²) >= 11 is 1.52. The summed E-state index contributed by atoms with van der Waals surface area (Å²) in [5.41, 5.74) is 5.70. The van der Waals surface area contributed by atoms with Crippen molar-refractivity contribution in [1.82, 2.24) is 10.1 Å². The van der Waals surface area contributed by atoms with Crippen molar-refractivity contribution >= 4 is 11.3 Å². The summed E-state index contributed by atoms with van der Waals surface area (Å²) in [6.07, 6.45) is -0.246. The maximum absolute atomic E-state index is 9.78. The molecule has 1 unspecified atom stereocenters. The fourth-order valence-electron chi connectivity index (χ4n) is 1.27. The van der Waals surface area contributed by atoms with Crippen molar-refractivity contribution in [2.45, 2.75) is 25.5 Å². The number of nitrogens with zero attached hydrogens (tertiary/aromatic N) is 2. The van der Waals surface area contributed by atoms with Crippen LogP contribution in [-0.2, 0) is 0 Å². The monoisotopic (exact) mass is 239 g/mol. The molecular formula is C10H13N3O2S. The van der Waals surface area contributed by atoms with Crippen LogP contribution in [0.1, 0.15) is 25.3 Å². The Hall–Kier alpha value is -1.24. The van der Waals surface area contributed by atoms with Gasteiger partial charge in [-0.05, 0) is 17.9 Å². The van der Waals surface area contributed by atoms with Gasteiger partial charge >= 0.3 is 0 Å². The molecule has 2 aromatic rings. The first kappa shape index (κ1) is 11.3. The standard InChI is InChI=1S/C10H13N3O2S/c1-2-6(11)8(14)10-12-9(13-15-10)7-4-3-5-16-7/h3-6,8,14H,2,11H2,1H3/t6-,8?/m0/s1. The first-order valence-electron chi connectivity index (χ1n) is 5.03. The molecule has 2 heterocycles. The Bertz CT molecular complexity index is 441. The molecule has 0 bridgehead atoms. The van der Waals surface area contributed by atoms with E-state index in [4.69, 9.17) is 10.3 Å². The van der Waals surface area contributed by atoms with Crippen LogP contribution in [0.15, 0.2) is 22.0 Å². The second kappa shape index (κ2) is 4.73. The first-order chi connectivity index (χ1) is 7.72. The Morgan fingerprint density at radius 1 is 1.62 bits per heavy atom. The molecular weight excluding hydrogens is 226 g/mol. The van der Waals surface area contributed by atoms with E-state index in [9.17, 15) is 5.11 Å². The average molecular weight is 239 g/mol. The van der Waals surface area contributed by atoms with Crippen LogP contribution in [0, 0.1) is 0 Å². The normalized spacial score (nSPS) is 14.9. The van der Waals surface area contributed by atoms with Crippen LogP contribution >= 0.6 is 11.3 Å². The second-order valence-electron chi connectivity index (χ2n) is 3.45. The number of rotatable bonds is 4. The lowest BCUT2D eigenvalue weighted by Crippen LogP contribution is -2.27. The highest BCUT2D eigenvalue weighted by Crippen LogP contribution is 2.24. The van der Waals surface area contributed by atoms with E-state index < -0.39 is 6.10 Å². The number of thiophene rings is 1. The van der Waals surface area contributed by atoms with Crippen LogP contribution in [0.25, 0.3) is 10.7 Å². The number of hydrogen-bond donors (Lipinski definition) is 2.